The van der Waals surface area contributed by atoms with Crippen LogP contribution in [0, 0.1) is 0 Å². The Labute approximate surface area is 127 Å². The zero-order valence-electron chi connectivity index (χ0n) is 12.3. The summed E-state index contributed by atoms with van der Waals surface area (Å²) in [6.07, 6.45) is 11.1. The summed E-state index contributed by atoms with van der Waals surface area (Å²) in [5, 5.41) is 3.52. The van der Waals surface area contributed by atoms with Crippen molar-refractivity contribution in [3.63, 3.8) is 0 Å². The third-order valence-electron chi connectivity index (χ3n) is 3.43. The number of halogens is 1. The van der Waals surface area contributed by atoms with Gasteiger partial charge < -0.3 is 5.32 Å². The van der Waals surface area contributed by atoms with E-state index in [-0.39, 0.29) is 0 Å². The van der Waals surface area contributed by atoms with Gasteiger partial charge in [-0.2, -0.15) is 0 Å². The number of benzene rings is 1. The first-order chi connectivity index (χ1) is 9.33. The summed E-state index contributed by atoms with van der Waals surface area (Å²) in [5.41, 5.74) is 1.36. The van der Waals surface area contributed by atoms with Crippen molar-refractivity contribution in [2.75, 3.05) is 6.54 Å². The Hall–Kier alpha value is -0.340. The maximum absolute atomic E-state index is 3.52. The molecule has 0 bridgehead atoms. The molecule has 19 heavy (non-hydrogen) atoms. The average Bonchev–Trinajstić information content (AvgIpc) is 2.41. The lowest BCUT2D eigenvalue weighted by Gasteiger charge is -2.05. The maximum Gasteiger partial charge on any atom is 0.0205 e. The van der Waals surface area contributed by atoms with Crippen LogP contribution in [-0.2, 0) is 6.54 Å². The van der Waals surface area contributed by atoms with Gasteiger partial charge in [-0.25, -0.2) is 0 Å². The van der Waals surface area contributed by atoms with Gasteiger partial charge in [-0.15, -0.1) is 0 Å². The van der Waals surface area contributed by atoms with E-state index < -0.39 is 0 Å². The van der Waals surface area contributed by atoms with E-state index in [1.165, 1.54) is 61.4 Å². The smallest absolute Gasteiger partial charge is 0.0205 e. The van der Waals surface area contributed by atoms with Crippen molar-refractivity contribution >= 4 is 15.9 Å². The van der Waals surface area contributed by atoms with Crippen molar-refractivity contribution in [2.24, 2.45) is 0 Å². The Bertz CT molecular complexity index is 325. The summed E-state index contributed by atoms with van der Waals surface area (Å²) >= 11 is 3.50. The molecule has 0 amide bonds. The molecule has 2 heteroatoms. The molecule has 0 unspecified atom stereocenters. The number of unbranched alkanes of at least 4 members (excludes halogenated alkanes) is 7. The normalized spacial score (nSPS) is 10.8. The molecule has 1 aromatic rings. The van der Waals surface area contributed by atoms with Gasteiger partial charge in [0, 0.05) is 11.0 Å². The highest BCUT2D eigenvalue weighted by Crippen LogP contribution is 2.11. The van der Waals surface area contributed by atoms with Crippen molar-refractivity contribution in [3.05, 3.63) is 34.3 Å². The summed E-state index contributed by atoms with van der Waals surface area (Å²) in [6.45, 7) is 4.40. The van der Waals surface area contributed by atoms with Gasteiger partial charge in [0.25, 0.3) is 0 Å². The van der Waals surface area contributed by atoms with E-state index in [2.05, 4.69) is 52.4 Å². The van der Waals surface area contributed by atoms with Crippen LogP contribution in [0.1, 0.15) is 63.9 Å². The van der Waals surface area contributed by atoms with E-state index in [4.69, 9.17) is 0 Å². The SMILES string of the molecule is CCCCCCCCCCNCc1cccc(Br)c1. The van der Waals surface area contributed by atoms with Crippen molar-refractivity contribution in [1.29, 1.82) is 0 Å². The van der Waals surface area contributed by atoms with Crippen LogP contribution in [0.4, 0.5) is 0 Å². The fourth-order valence-corrected chi connectivity index (χ4v) is 2.71. The Morgan fingerprint density at radius 1 is 0.947 bits per heavy atom. The van der Waals surface area contributed by atoms with Crippen molar-refractivity contribution in [1.82, 2.24) is 5.32 Å². The zero-order chi connectivity index (χ0) is 13.8. The molecule has 0 aliphatic heterocycles. The summed E-state index contributed by atoms with van der Waals surface area (Å²) in [7, 11) is 0. The van der Waals surface area contributed by atoms with Crippen LogP contribution < -0.4 is 5.32 Å². The van der Waals surface area contributed by atoms with Crippen molar-refractivity contribution < 1.29 is 0 Å². The van der Waals surface area contributed by atoms with Crippen molar-refractivity contribution in [3.8, 4) is 0 Å². The quantitative estimate of drug-likeness (QED) is 0.516. The minimum Gasteiger partial charge on any atom is -0.313 e. The Morgan fingerprint density at radius 3 is 2.32 bits per heavy atom. The molecule has 0 spiro atoms. The highest BCUT2D eigenvalue weighted by atomic mass is 79.9. The van der Waals surface area contributed by atoms with Crippen LogP contribution in [0.15, 0.2) is 28.7 Å². The molecule has 0 aliphatic rings. The topological polar surface area (TPSA) is 12.0 Å². The molecule has 0 saturated heterocycles. The Morgan fingerprint density at radius 2 is 1.63 bits per heavy atom. The number of hydrogen-bond acceptors (Lipinski definition) is 1. The van der Waals surface area contributed by atoms with Gasteiger partial charge in [-0.1, -0.05) is 79.9 Å². The lowest BCUT2D eigenvalue weighted by atomic mass is 10.1. The molecule has 0 fully saturated rings. The third kappa shape index (κ3) is 9.23. The molecule has 0 saturated carbocycles. The summed E-state index contributed by atoms with van der Waals surface area (Å²) in [4.78, 5) is 0. The van der Waals surface area contributed by atoms with E-state index in [9.17, 15) is 0 Å². The molecule has 0 aliphatic carbocycles. The molecule has 1 nitrogen and oxygen atoms in total. The van der Waals surface area contributed by atoms with Crippen LogP contribution >= 0.6 is 15.9 Å². The fourth-order valence-electron chi connectivity index (χ4n) is 2.26. The van der Waals surface area contributed by atoms with Gasteiger partial charge in [0.1, 0.15) is 0 Å². The monoisotopic (exact) mass is 325 g/mol. The maximum atomic E-state index is 3.52. The van der Waals surface area contributed by atoms with Crippen LogP contribution in [0.25, 0.3) is 0 Å². The number of rotatable bonds is 11. The Balaban J connectivity index is 1.89. The van der Waals surface area contributed by atoms with E-state index >= 15 is 0 Å². The molecule has 1 rings (SSSR count). The first-order valence-corrected chi connectivity index (χ1v) is 8.57. The number of hydrogen-bond donors (Lipinski definition) is 1. The molecule has 0 atom stereocenters. The van der Waals surface area contributed by atoms with E-state index in [1.807, 2.05) is 0 Å². The lowest BCUT2D eigenvalue weighted by molar-refractivity contribution is 0.555. The summed E-state index contributed by atoms with van der Waals surface area (Å²) < 4.78 is 1.17. The van der Waals surface area contributed by atoms with Crippen LogP contribution in [0.5, 0.6) is 0 Å². The van der Waals surface area contributed by atoms with Gasteiger partial charge in [-0.3, -0.25) is 0 Å². The minimum absolute atomic E-state index is 0.982. The second-order valence-corrected chi connectivity index (χ2v) is 6.20. The second kappa shape index (κ2) is 11.5. The largest absolute Gasteiger partial charge is 0.313 e. The molecule has 1 aromatic carbocycles. The highest BCUT2D eigenvalue weighted by molar-refractivity contribution is 9.10. The van der Waals surface area contributed by atoms with Crippen LogP contribution in [0.3, 0.4) is 0 Å². The minimum atomic E-state index is 0.982. The second-order valence-electron chi connectivity index (χ2n) is 5.28. The van der Waals surface area contributed by atoms with Gasteiger partial charge in [0.15, 0.2) is 0 Å². The molecular weight excluding hydrogens is 298 g/mol. The average molecular weight is 326 g/mol. The molecule has 1 N–H and O–H groups in total. The van der Waals surface area contributed by atoms with Gasteiger partial charge in [0.05, 0.1) is 0 Å². The van der Waals surface area contributed by atoms with E-state index in [0.717, 1.165) is 13.1 Å². The predicted octanol–water partition coefficient (Wildman–Crippen LogP) is 5.68. The predicted molar refractivity (Wildman–Crippen MR) is 88.5 cm³/mol. The van der Waals surface area contributed by atoms with Gasteiger partial charge in [0.2, 0.25) is 0 Å². The van der Waals surface area contributed by atoms with Gasteiger partial charge >= 0.3 is 0 Å². The van der Waals surface area contributed by atoms with E-state index in [0.29, 0.717) is 0 Å². The first-order valence-electron chi connectivity index (χ1n) is 7.78. The molecule has 0 radical (unpaired) electrons. The molecular formula is C17H28BrN. The Kier molecular flexibility index (Phi) is 10.1. The first kappa shape index (κ1) is 16.7. The molecule has 0 aromatic heterocycles. The zero-order valence-corrected chi connectivity index (χ0v) is 13.8. The fraction of sp³-hybridized carbons (Fsp3) is 0.647. The molecule has 108 valence electrons. The van der Waals surface area contributed by atoms with Crippen LogP contribution in [0.2, 0.25) is 0 Å². The lowest BCUT2D eigenvalue weighted by Crippen LogP contribution is -2.14. The van der Waals surface area contributed by atoms with E-state index in [1.54, 1.807) is 0 Å². The summed E-state index contributed by atoms with van der Waals surface area (Å²) in [5.74, 6) is 0. The summed E-state index contributed by atoms with van der Waals surface area (Å²) in [6, 6.07) is 8.52. The van der Waals surface area contributed by atoms with Gasteiger partial charge in [-0.05, 0) is 30.7 Å². The van der Waals surface area contributed by atoms with Crippen LogP contribution in [-0.4, -0.2) is 6.54 Å². The number of nitrogens with one attached hydrogen (secondary N) is 1. The third-order valence-corrected chi connectivity index (χ3v) is 3.92. The molecule has 0 heterocycles. The highest BCUT2D eigenvalue weighted by Gasteiger charge is 1.94. The standard InChI is InChI=1S/C17H28BrN/c1-2-3-4-5-6-7-8-9-13-19-15-16-11-10-12-17(18)14-16/h10-12,14,19H,2-9,13,15H2,1H3. The van der Waals surface area contributed by atoms with Crippen molar-refractivity contribution in [2.45, 2.75) is 64.8 Å².